The normalized spacial score (nSPS) is 12.2. The van der Waals surface area contributed by atoms with Gasteiger partial charge in [0.25, 0.3) is 0 Å². The van der Waals surface area contributed by atoms with Crippen molar-refractivity contribution < 1.29 is 17.9 Å². The molecule has 0 amide bonds. The first kappa shape index (κ1) is 20.5. The number of aryl methyl sites for hydroxylation is 1. The number of fused-ring (bicyclic) bond motifs is 1. The number of nitrogens with two attached hydrogens (primary N) is 1. The van der Waals surface area contributed by atoms with Crippen molar-refractivity contribution in [2.45, 2.75) is 26.6 Å². The number of anilines is 3. The van der Waals surface area contributed by atoms with Crippen LogP contribution in [-0.4, -0.2) is 25.9 Å². The van der Waals surface area contributed by atoms with Crippen molar-refractivity contribution in [1.82, 2.24) is 19.5 Å². The minimum Gasteiger partial charge on any atom is -0.461 e. The summed E-state index contributed by atoms with van der Waals surface area (Å²) in [5.41, 5.74) is 7.26. The Bertz CT molecular complexity index is 1240. The van der Waals surface area contributed by atoms with Gasteiger partial charge < -0.3 is 15.8 Å². The van der Waals surface area contributed by atoms with Gasteiger partial charge in [-0.15, -0.1) is 0 Å². The number of nitrogens with zero attached hydrogens (tertiary/aromatic N) is 4. The number of imidazole rings is 1. The minimum absolute atomic E-state index is 0.171. The average molecular weight is 428 g/mol. The molecule has 0 spiro atoms. The molecule has 7 nitrogen and oxygen atoms in total. The van der Waals surface area contributed by atoms with Crippen LogP contribution in [0.4, 0.5) is 30.6 Å². The van der Waals surface area contributed by atoms with Crippen molar-refractivity contribution in [3.63, 3.8) is 0 Å². The Balaban J connectivity index is 1.72. The number of nitrogen functional groups attached to an aromatic ring is 1. The van der Waals surface area contributed by atoms with Gasteiger partial charge in [0.2, 0.25) is 12.3 Å². The molecular formula is C21H19F3N6O. The molecule has 1 atom stereocenters. The van der Waals surface area contributed by atoms with E-state index in [2.05, 4.69) is 20.3 Å². The molecule has 0 bridgehead atoms. The van der Waals surface area contributed by atoms with Crippen molar-refractivity contribution in [1.29, 1.82) is 0 Å². The number of nitrogens with one attached hydrogen (secondary N) is 1. The van der Waals surface area contributed by atoms with E-state index in [-0.39, 0.29) is 11.8 Å². The number of aromatic nitrogens is 4. The number of rotatable bonds is 6. The van der Waals surface area contributed by atoms with Gasteiger partial charge in [0, 0.05) is 37.2 Å². The molecule has 4 rings (SSSR count). The Morgan fingerprint density at radius 2 is 1.77 bits per heavy atom. The molecule has 2 aromatic carbocycles. The predicted octanol–water partition coefficient (Wildman–Crippen LogP) is 4.68. The second-order valence-electron chi connectivity index (χ2n) is 6.76. The maximum atomic E-state index is 13.9. The van der Waals surface area contributed by atoms with Crippen molar-refractivity contribution >= 4 is 28.5 Å². The lowest BCUT2D eigenvalue weighted by molar-refractivity contribution is 0.0861. The Morgan fingerprint density at radius 1 is 1.06 bits per heavy atom. The molecule has 2 aromatic heterocycles. The highest BCUT2D eigenvalue weighted by molar-refractivity contribution is 5.78. The summed E-state index contributed by atoms with van der Waals surface area (Å²) in [4.78, 5) is 13.0. The summed E-state index contributed by atoms with van der Waals surface area (Å²) in [6, 6.07) is 10.2. The maximum Gasteiger partial charge on any atom is 0.235 e. The molecule has 0 aliphatic rings. The van der Waals surface area contributed by atoms with Crippen molar-refractivity contribution in [2.24, 2.45) is 0 Å². The molecule has 160 valence electrons. The average Bonchev–Trinajstić information content (AvgIpc) is 3.06. The fourth-order valence-electron chi connectivity index (χ4n) is 3.17. The van der Waals surface area contributed by atoms with Gasteiger partial charge in [0.15, 0.2) is 11.6 Å². The highest BCUT2D eigenvalue weighted by atomic mass is 19.2. The third-order valence-electron chi connectivity index (χ3n) is 4.45. The second kappa shape index (κ2) is 8.13. The van der Waals surface area contributed by atoms with Gasteiger partial charge in [0.1, 0.15) is 23.2 Å². The molecule has 0 saturated heterocycles. The van der Waals surface area contributed by atoms with Crippen LogP contribution in [-0.2, 0) is 6.42 Å². The summed E-state index contributed by atoms with van der Waals surface area (Å²) in [7, 11) is 0. The number of hydrogen-bond donors (Lipinski definition) is 2. The second-order valence-corrected chi connectivity index (χ2v) is 6.76. The smallest absolute Gasteiger partial charge is 0.235 e. The molecule has 2 heterocycles. The molecule has 1 unspecified atom stereocenters. The van der Waals surface area contributed by atoms with Gasteiger partial charge in [-0.25, -0.2) is 18.2 Å². The molecule has 0 aliphatic heterocycles. The zero-order valence-electron chi connectivity index (χ0n) is 16.7. The Kier molecular flexibility index (Phi) is 5.37. The summed E-state index contributed by atoms with van der Waals surface area (Å²) in [6.07, 6.45) is -0.923. The highest BCUT2D eigenvalue weighted by Crippen LogP contribution is 2.26. The van der Waals surface area contributed by atoms with Gasteiger partial charge in [-0.2, -0.15) is 9.97 Å². The van der Waals surface area contributed by atoms with E-state index in [1.54, 1.807) is 28.8 Å². The zero-order chi connectivity index (χ0) is 22.1. The van der Waals surface area contributed by atoms with E-state index in [1.807, 2.05) is 6.92 Å². The fourth-order valence-corrected chi connectivity index (χ4v) is 3.17. The van der Waals surface area contributed by atoms with Crippen molar-refractivity contribution in [3.8, 4) is 11.6 Å². The lowest BCUT2D eigenvalue weighted by atomic mass is 10.3. The summed E-state index contributed by atoms with van der Waals surface area (Å²) in [6.45, 7) is 3.16. The molecule has 0 aliphatic carbocycles. The van der Waals surface area contributed by atoms with Crippen LogP contribution in [0.15, 0.2) is 42.5 Å². The summed E-state index contributed by atoms with van der Waals surface area (Å²) in [5.74, 6) is -0.307. The predicted molar refractivity (Wildman–Crippen MR) is 111 cm³/mol. The molecule has 10 heteroatoms. The van der Waals surface area contributed by atoms with E-state index < -0.39 is 18.0 Å². The molecule has 4 aromatic rings. The van der Waals surface area contributed by atoms with Gasteiger partial charge in [-0.05, 0) is 24.3 Å². The van der Waals surface area contributed by atoms with Crippen LogP contribution in [0.25, 0.3) is 16.9 Å². The Hall–Kier alpha value is -3.82. The van der Waals surface area contributed by atoms with Crippen LogP contribution >= 0.6 is 0 Å². The number of hydrogen-bond acceptors (Lipinski definition) is 6. The first-order valence-electron chi connectivity index (χ1n) is 9.53. The van der Waals surface area contributed by atoms with Gasteiger partial charge in [0.05, 0.1) is 11.0 Å². The van der Waals surface area contributed by atoms with Crippen molar-refractivity contribution in [2.75, 3.05) is 11.1 Å². The van der Waals surface area contributed by atoms with E-state index in [4.69, 9.17) is 10.5 Å². The molecular weight excluding hydrogens is 409 g/mol. The van der Waals surface area contributed by atoms with E-state index in [0.29, 0.717) is 40.5 Å². The Morgan fingerprint density at radius 3 is 2.45 bits per heavy atom. The number of alkyl halides is 1. The third-order valence-corrected chi connectivity index (χ3v) is 4.45. The van der Waals surface area contributed by atoms with Gasteiger partial charge in [-0.1, -0.05) is 6.92 Å². The van der Waals surface area contributed by atoms with Crippen LogP contribution in [0.1, 0.15) is 19.7 Å². The van der Waals surface area contributed by atoms with Crippen LogP contribution in [0.5, 0.6) is 5.75 Å². The van der Waals surface area contributed by atoms with Crippen LogP contribution in [0.2, 0.25) is 0 Å². The van der Waals surface area contributed by atoms with E-state index >= 15 is 0 Å². The molecule has 0 fully saturated rings. The monoisotopic (exact) mass is 428 g/mol. The molecule has 0 saturated carbocycles. The first-order chi connectivity index (χ1) is 14.8. The highest BCUT2D eigenvalue weighted by Gasteiger charge is 2.17. The van der Waals surface area contributed by atoms with Gasteiger partial charge in [-0.3, -0.25) is 4.57 Å². The maximum absolute atomic E-state index is 13.9. The zero-order valence-corrected chi connectivity index (χ0v) is 16.7. The van der Waals surface area contributed by atoms with Crippen LogP contribution in [0.3, 0.4) is 0 Å². The van der Waals surface area contributed by atoms with E-state index in [9.17, 15) is 13.2 Å². The standard InChI is InChI=1S/C21H19F3N6O/c1-3-19-27-16-8-14(23)15(24)9-17(16)30(19)20-10-18(25)28-21(29-20)26-12-4-6-13(7-5-12)31-11(2)22/h4-11H,3H2,1-2H3,(H3,25,26,28,29). The van der Waals surface area contributed by atoms with E-state index in [1.165, 1.54) is 13.0 Å². The lowest BCUT2D eigenvalue weighted by Crippen LogP contribution is -2.08. The fraction of sp³-hybridized carbons (Fsp3) is 0.190. The quantitative estimate of drug-likeness (QED) is 0.464. The van der Waals surface area contributed by atoms with Crippen LogP contribution < -0.4 is 15.8 Å². The third kappa shape index (κ3) is 4.23. The number of halogens is 3. The molecule has 3 N–H and O–H groups in total. The Labute approximate surface area is 175 Å². The number of ether oxygens (including phenoxy) is 1. The van der Waals surface area contributed by atoms with Crippen molar-refractivity contribution in [3.05, 3.63) is 59.9 Å². The van der Waals surface area contributed by atoms with Gasteiger partial charge >= 0.3 is 0 Å². The summed E-state index contributed by atoms with van der Waals surface area (Å²) < 4.78 is 47.1. The lowest BCUT2D eigenvalue weighted by Gasteiger charge is -2.12. The molecule has 0 radical (unpaired) electrons. The summed E-state index contributed by atoms with van der Waals surface area (Å²) >= 11 is 0. The van der Waals surface area contributed by atoms with E-state index in [0.717, 1.165) is 12.1 Å². The number of benzene rings is 2. The minimum atomic E-state index is -1.42. The first-order valence-corrected chi connectivity index (χ1v) is 9.53. The molecule has 31 heavy (non-hydrogen) atoms. The SMILES string of the molecule is CCc1nc2cc(F)c(F)cc2n1-c1cc(N)nc(Nc2ccc(OC(C)F)cc2)n1. The topological polar surface area (TPSA) is 90.9 Å². The summed E-state index contributed by atoms with van der Waals surface area (Å²) in [5, 5.41) is 3.01. The van der Waals surface area contributed by atoms with Crippen LogP contribution in [0, 0.1) is 11.6 Å². The largest absolute Gasteiger partial charge is 0.461 e.